The predicted molar refractivity (Wildman–Crippen MR) is 119 cm³/mol. The van der Waals surface area contributed by atoms with Crippen molar-refractivity contribution in [2.45, 2.75) is 50.7 Å². The summed E-state index contributed by atoms with van der Waals surface area (Å²) in [5.74, 6) is 2.48. The minimum atomic E-state index is -0.0295. The molecule has 0 bridgehead atoms. The van der Waals surface area contributed by atoms with Gasteiger partial charge >= 0.3 is 0 Å². The Morgan fingerprint density at radius 3 is 2.87 bits per heavy atom. The number of nitrogens with zero attached hydrogens (tertiary/aromatic N) is 2. The third-order valence-corrected chi connectivity index (χ3v) is 6.08. The van der Waals surface area contributed by atoms with Gasteiger partial charge in [0.1, 0.15) is 17.3 Å². The molecular formula is C23H26N4O2S. The fourth-order valence-electron chi connectivity index (χ4n) is 3.62. The van der Waals surface area contributed by atoms with Gasteiger partial charge in [-0.2, -0.15) is 0 Å². The highest BCUT2D eigenvalue weighted by Crippen LogP contribution is 2.25. The number of hydrogen-bond donors (Lipinski definition) is 2. The predicted octanol–water partition coefficient (Wildman–Crippen LogP) is 4.72. The third-order valence-electron chi connectivity index (χ3n) is 5.23. The van der Waals surface area contributed by atoms with Crippen LogP contribution in [-0.2, 0) is 17.6 Å². The second-order valence-electron chi connectivity index (χ2n) is 7.60. The summed E-state index contributed by atoms with van der Waals surface area (Å²) in [4.78, 5) is 16.8. The molecule has 1 atom stereocenters. The van der Waals surface area contributed by atoms with Crippen molar-refractivity contribution < 1.29 is 9.21 Å². The normalized spacial score (nSPS) is 14.6. The van der Waals surface area contributed by atoms with E-state index in [0.717, 1.165) is 23.5 Å². The van der Waals surface area contributed by atoms with Gasteiger partial charge in [-0.3, -0.25) is 9.89 Å². The van der Waals surface area contributed by atoms with Crippen LogP contribution in [0.1, 0.15) is 59.8 Å². The molecule has 0 saturated carbocycles. The van der Waals surface area contributed by atoms with Gasteiger partial charge in [0.25, 0.3) is 0 Å². The van der Waals surface area contributed by atoms with Crippen LogP contribution in [0.4, 0.5) is 0 Å². The van der Waals surface area contributed by atoms with E-state index in [4.69, 9.17) is 4.42 Å². The first-order valence-electron chi connectivity index (χ1n) is 10.3. The highest BCUT2D eigenvalue weighted by molar-refractivity contribution is 7.99. The highest BCUT2D eigenvalue weighted by atomic mass is 32.2. The van der Waals surface area contributed by atoms with Crippen molar-refractivity contribution in [3.05, 3.63) is 64.4 Å². The van der Waals surface area contributed by atoms with Gasteiger partial charge in [0.2, 0.25) is 11.1 Å². The van der Waals surface area contributed by atoms with Gasteiger partial charge in [0.05, 0.1) is 11.8 Å². The SMILES string of the molecule is Cc1ccc(/C=C/c2nc(SCC(=O)NC(C)c3ccc4c(c3)CCCC4)n[nH]2)o1. The first kappa shape index (κ1) is 20.5. The molecule has 4 rings (SSSR count). The first-order chi connectivity index (χ1) is 14.6. The molecular weight excluding hydrogens is 396 g/mol. The molecule has 2 heterocycles. The van der Waals surface area contributed by atoms with E-state index in [2.05, 4.69) is 38.7 Å². The zero-order chi connectivity index (χ0) is 20.9. The molecule has 1 aliphatic carbocycles. The van der Waals surface area contributed by atoms with Crippen molar-refractivity contribution in [3.63, 3.8) is 0 Å². The van der Waals surface area contributed by atoms with Crippen LogP contribution < -0.4 is 5.32 Å². The van der Waals surface area contributed by atoms with Crippen molar-refractivity contribution >= 4 is 29.8 Å². The Morgan fingerprint density at radius 1 is 1.23 bits per heavy atom. The molecule has 1 aromatic carbocycles. The van der Waals surface area contributed by atoms with Crippen molar-refractivity contribution in [1.29, 1.82) is 0 Å². The van der Waals surface area contributed by atoms with Crippen LogP contribution in [0.2, 0.25) is 0 Å². The average Bonchev–Trinajstić information content (AvgIpc) is 3.39. The van der Waals surface area contributed by atoms with Crippen LogP contribution in [0.3, 0.4) is 0 Å². The topological polar surface area (TPSA) is 83.8 Å². The molecule has 0 saturated heterocycles. The van der Waals surface area contributed by atoms with Crippen LogP contribution in [0, 0.1) is 6.92 Å². The van der Waals surface area contributed by atoms with Crippen LogP contribution >= 0.6 is 11.8 Å². The fourth-order valence-corrected chi connectivity index (χ4v) is 4.24. The molecule has 7 heteroatoms. The smallest absolute Gasteiger partial charge is 0.230 e. The summed E-state index contributed by atoms with van der Waals surface area (Å²) in [7, 11) is 0. The molecule has 156 valence electrons. The van der Waals surface area contributed by atoms with E-state index in [0.29, 0.717) is 11.0 Å². The average molecular weight is 423 g/mol. The molecule has 0 spiro atoms. The van der Waals surface area contributed by atoms with Gasteiger partial charge in [-0.15, -0.1) is 5.10 Å². The molecule has 1 aliphatic rings. The number of aromatic nitrogens is 3. The van der Waals surface area contributed by atoms with E-state index < -0.39 is 0 Å². The number of thioether (sulfide) groups is 1. The molecule has 1 amide bonds. The van der Waals surface area contributed by atoms with Crippen molar-refractivity contribution in [1.82, 2.24) is 20.5 Å². The number of carbonyl (C=O) groups is 1. The van der Waals surface area contributed by atoms with E-state index in [-0.39, 0.29) is 17.7 Å². The molecule has 2 aromatic heterocycles. The van der Waals surface area contributed by atoms with Gasteiger partial charge in [-0.25, -0.2) is 4.98 Å². The molecule has 3 aromatic rings. The van der Waals surface area contributed by atoms with Crippen LogP contribution in [0.5, 0.6) is 0 Å². The van der Waals surface area contributed by atoms with Gasteiger partial charge in [0, 0.05) is 0 Å². The Morgan fingerprint density at radius 2 is 2.07 bits per heavy atom. The Hall–Kier alpha value is -2.80. The molecule has 0 fully saturated rings. The lowest BCUT2D eigenvalue weighted by atomic mass is 9.89. The molecule has 0 aliphatic heterocycles. The number of carbonyl (C=O) groups excluding carboxylic acids is 1. The summed E-state index contributed by atoms with van der Waals surface area (Å²) in [5.41, 5.74) is 4.04. The molecule has 2 N–H and O–H groups in total. The number of aryl methyl sites for hydroxylation is 3. The number of amides is 1. The van der Waals surface area contributed by atoms with E-state index in [1.54, 1.807) is 6.08 Å². The minimum absolute atomic E-state index is 0.0206. The molecule has 6 nitrogen and oxygen atoms in total. The van der Waals surface area contributed by atoms with Gasteiger partial charge in [0.15, 0.2) is 0 Å². The Kier molecular flexibility index (Phi) is 6.38. The number of nitrogens with one attached hydrogen (secondary N) is 2. The summed E-state index contributed by atoms with van der Waals surface area (Å²) in [6.45, 7) is 3.93. The molecule has 0 radical (unpaired) electrons. The van der Waals surface area contributed by atoms with Gasteiger partial charge in [-0.1, -0.05) is 30.0 Å². The lowest BCUT2D eigenvalue weighted by Crippen LogP contribution is -2.28. The zero-order valence-electron chi connectivity index (χ0n) is 17.3. The van der Waals surface area contributed by atoms with Crippen LogP contribution in [0.25, 0.3) is 12.2 Å². The maximum Gasteiger partial charge on any atom is 0.230 e. The van der Waals surface area contributed by atoms with Gasteiger partial charge in [-0.05, 0) is 80.5 Å². The standard InChI is InChI=1S/C23H26N4O2S/c1-15-7-10-20(29-15)11-12-21-25-23(27-26-21)30-14-22(28)24-16(2)18-9-8-17-5-3-4-6-19(17)13-18/h7-13,16H,3-6,14H2,1-2H3,(H,24,28)(H,25,26,27)/b12-11+. The number of rotatable bonds is 7. The third kappa shape index (κ3) is 5.21. The van der Waals surface area contributed by atoms with Crippen LogP contribution in [-0.4, -0.2) is 26.8 Å². The molecule has 1 unspecified atom stereocenters. The van der Waals surface area contributed by atoms with Gasteiger partial charge < -0.3 is 9.73 Å². The Bertz CT molecular complexity index is 1050. The summed E-state index contributed by atoms with van der Waals surface area (Å²) in [5, 5.41) is 10.6. The van der Waals surface area contributed by atoms with E-state index in [1.807, 2.05) is 32.1 Å². The van der Waals surface area contributed by atoms with Crippen LogP contribution in [0.15, 0.2) is 39.9 Å². The number of aromatic amines is 1. The second-order valence-corrected chi connectivity index (χ2v) is 8.54. The molecule has 30 heavy (non-hydrogen) atoms. The lowest BCUT2D eigenvalue weighted by molar-refractivity contribution is -0.119. The van der Waals surface area contributed by atoms with E-state index in [9.17, 15) is 4.79 Å². The number of benzene rings is 1. The number of fused-ring (bicyclic) bond motifs is 1. The monoisotopic (exact) mass is 422 g/mol. The summed E-state index contributed by atoms with van der Waals surface area (Å²) < 4.78 is 5.49. The Labute approximate surface area is 180 Å². The zero-order valence-corrected chi connectivity index (χ0v) is 18.1. The largest absolute Gasteiger partial charge is 0.462 e. The number of hydrogen-bond acceptors (Lipinski definition) is 5. The lowest BCUT2D eigenvalue weighted by Gasteiger charge is -2.20. The van der Waals surface area contributed by atoms with E-state index in [1.165, 1.54) is 42.2 Å². The Balaban J connectivity index is 1.27. The maximum atomic E-state index is 12.4. The van der Waals surface area contributed by atoms with Crippen molar-refractivity contribution in [2.24, 2.45) is 0 Å². The second kappa shape index (κ2) is 9.34. The summed E-state index contributed by atoms with van der Waals surface area (Å²) in [6.07, 6.45) is 8.46. The summed E-state index contributed by atoms with van der Waals surface area (Å²) >= 11 is 1.31. The van der Waals surface area contributed by atoms with Crippen molar-refractivity contribution in [2.75, 3.05) is 5.75 Å². The summed E-state index contributed by atoms with van der Waals surface area (Å²) in [6, 6.07) is 10.4. The maximum absolute atomic E-state index is 12.4. The number of furan rings is 1. The first-order valence-corrected chi connectivity index (χ1v) is 11.3. The minimum Gasteiger partial charge on any atom is -0.462 e. The van der Waals surface area contributed by atoms with Crippen molar-refractivity contribution in [3.8, 4) is 0 Å². The number of H-pyrrole nitrogens is 1. The highest BCUT2D eigenvalue weighted by Gasteiger charge is 2.15. The fraction of sp³-hybridized carbons (Fsp3) is 0.348. The quantitative estimate of drug-likeness (QED) is 0.538. The van der Waals surface area contributed by atoms with E-state index >= 15 is 0 Å².